The number of hydrogen-bond donors (Lipinski definition) is 2. The molecule has 0 aliphatic heterocycles. The molecule has 0 saturated heterocycles. The molecule has 2 bridgehead atoms. The van der Waals surface area contributed by atoms with Crippen molar-refractivity contribution in [3.8, 4) is 0 Å². The first-order valence-corrected chi connectivity index (χ1v) is 6.25. The number of hydrogen-bond acceptors (Lipinski definition) is 3. The standard InChI is InChI=1S/C9H11NO2.C7H4O/c10-8(9(11)12)6-7-4-2-1-3-5-7;8-7-5-2-1-3-6(7)4-5/h1-5,8H,6,10H2,(H,11,12);1-4H/t8-;/m0./s1. The highest BCUT2D eigenvalue weighted by atomic mass is 16.4. The van der Waals surface area contributed by atoms with Crippen LogP contribution in [-0.2, 0) is 11.2 Å². The molecule has 0 radical (unpaired) electrons. The Morgan fingerprint density at radius 1 is 1.05 bits per heavy atom. The first-order valence-electron chi connectivity index (χ1n) is 6.25. The van der Waals surface area contributed by atoms with Gasteiger partial charge >= 0.3 is 5.97 Å². The molecule has 2 aromatic carbocycles. The van der Waals surface area contributed by atoms with Gasteiger partial charge in [0.1, 0.15) is 6.04 Å². The summed E-state index contributed by atoms with van der Waals surface area (Å²) in [6, 6.07) is 16.0. The number of aliphatic carboxylic acids is 1. The molecule has 0 aromatic heterocycles. The third-order valence-corrected chi connectivity index (χ3v) is 3.00. The smallest absolute Gasteiger partial charge is 0.320 e. The lowest BCUT2D eigenvalue weighted by Gasteiger charge is -2.10. The van der Waals surface area contributed by atoms with Crippen molar-refractivity contribution in [2.24, 2.45) is 5.73 Å². The molecule has 1 atom stereocenters. The third kappa shape index (κ3) is 3.30. The summed E-state index contributed by atoms with van der Waals surface area (Å²) in [5.41, 5.74) is 8.00. The maximum atomic E-state index is 10.7. The van der Waals surface area contributed by atoms with Crippen LogP contribution in [0.3, 0.4) is 0 Å². The summed E-state index contributed by atoms with van der Waals surface area (Å²) in [5.74, 6) is -0.758. The van der Waals surface area contributed by atoms with Crippen LogP contribution < -0.4 is 5.73 Å². The molecule has 0 saturated carbocycles. The van der Waals surface area contributed by atoms with Gasteiger partial charge in [0.15, 0.2) is 5.78 Å². The van der Waals surface area contributed by atoms with Gasteiger partial charge in [-0.2, -0.15) is 0 Å². The number of carboxylic acids is 1. The summed E-state index contributed by atoms with van der Waals surface area (Å²) in [5, 5.41) is 8.52. The van der Waals surface area contributed by atoms with Crippen molar-refractivity contribution >= 4 is 11.8 Å². The van der Waals surface area contributed by atoms with Crippen molar-refractivity contribution < 1.29 is 14.7 Å². The Morgan fingerprint density at radius 3 is 2.05 bits per heavy atom. The molecule has 0 fully saturated rings. The van der Waals surface area contributed by atoms with Crippen LogP contribution in [0.5, 0.6) is 0 Å². The van der Waals surface area contributed by atoms with Gasteiger partial charge in [0.2, 0.25) is 0 Å². The van der Waals surface area contributed by atoms with E-state index in [2.05, 4.69) is 0 Å². The molecule has 0 amide bonds. The van der Waals surface area contributed by atoms with E-state index < -0.39 is 12.0 Å². The van der Waals surface area contributed by atoms with Gasteiger partial charge in [-0.15, -0.1) is 0 Å². The minimum Gasteiger partial charge on any atom is -0.480 e. The van der Waals surface area contributed by atoms with Crippen LogP contribution in [0.4, 0.5) is 0 Å². The van der Waals surface area contributed by atoms with E-state index in [9.17, 15) is 9.59 Å². The quantitative estimate of drug-likeness (QED) is 0.760. The van der Waals surface area contributed by atoms with Gasteiger partial charge < -0.3 is 10.8 Å². The Bertz CT molecular complexity index is 594. The highest BCUT2D eigenvalue weighted by Gasteiger charge is 2.17. The Kier molecular flexibility index (Phi) is 4.27. The zero-order valence-electron chi connectivity index (χ0n) is 10.8. The molecule has 102 valence electrons. The maximum absolute atomic E-state index is 10.7. The highest BCUT2D eigenvalue weighted by molar-refractivity contribution is 6.16. The van der Waals surface area contributed by atoms with E-state index in [0.29, 0.717) is 6.42 Å². The second kappa shape index (κ2) is 6.12. The summed E-state index contributed by atoms with van der Waals surface area (Å²) < 4.78 is 0. The van der Waals surface area contributed by atoms with Crippen molar-refractivity contribution in [2.75, 3.05) is 0 Å². The van der Waals surface area contributed by atoms with Crippen LogP contribution in [0.1, 0.15) is 21.5 Å². The van der Waals surface area contributed by atoms with Crippen LogP contribution in [0, 0.1) is 0 Å². The first-order chi connectivity index (χ1) is 9.58. The van der Waals surface area contributed by atoms with E-state index in [1.165, 1.54) is 0 Å². The Morgan fingerprint density at radius 2 is 1.65 bits per heavy atom. The number of fused-ring (bicyclic) bond motifs is 2. The van der Waals surface area contributed by atoms with Gasteiger partial charge in [0.05, 0.1) is 0 Å². The molecular formula is C16H15NO3. The summed E-state index contributed by atoms with van der Waals surface area (Å²) >= 11 is 0. The molecular weight excluding hydrogens is 254 g/mol. The molecule has 2 aromatic rings. The average molecular weight is 269 g/mol. The van der Waals surface area contributed by atoms with E-state index in [-0.39, 0.29) is 5.78 Å². The van der Waals surface area contributed by atoms with Crippen molar-refractivity contribution in [1.82, 2.24) is 0 Å². The van der Waals surface area contributed by atoms with Gasteiger partial charge in [0, 0.05) is 11.1 Å². The average Bonchev–Trinajstić information content (AvgIpc) is 2.49. The van der Waals surface area contributed by atoms with Crippen LogP contribution in [0.15, 0.2) is 54.6 Å². The first kappa shape index (κ1) is 14.0. The molecule has 4 nitrogen and oxygen atoms in total. The lowest BCUT2D eigenvalue weighted by molar-refractivity contribution is -0.138. The monoisotopic (exact) mass is 269 g/mol. The van der Waals surface area contributed by atoms with Gasteiger partial charge in [-0.1, -0.05) is 48.5 Å². The molecule has 0 spiro atoms. The molecule has 0 unspecified atom stereocenters. The van der Waals surface area contributed by atoms with Crippen LogP contribution >= 0.6 is 0 Å². The SMILES string of the molecule is N[C@@H](Cc1ccccc1)C(=O)O.O=C1c2cccc1c2. The van der Waals surface area contributed by atoms with Crippen molar-refractivity contribution in [1.29, 1.82) is 0 Å². The number of carbonyl (C=O) groups is 2. The van der Waals surface area contributed by atoms with E-state index >= 15 is 0 Å². The van der Waals surface area contributed by atoms with Crippen molar-refractivity contribution in [3.63, 3.8) is 0 Å². The predicted octanol–water partition coefficient (Wildman–Crippen LogP) is 1.87. The molecule has 4 heteroatoms. The van der Waals surface area contributed by atoms with E-state index in [0.717, 1.165) is 16.7 Å². The molecule has 2 aliphatic carbocycles. The van der Waals surface area contributed by atoms with Crippen LogP contribution in [-0.4, -0.2) is 22.9 Å². The van der Waals surface area contributed by atoms with E-state index in [1.54, 1.807) is 0 Å². The Labute approximate surface area is 116 Å². The van der Waals surface area contributed by atoms with E-state index in [4.69, 9.17) is 10.8 Å². The summed E-state index contributed by atoms with van der Waals surface area (Å²) in [4.78, 5) is 21.0. The summed E-state index contributed by atoms with van der Waals surface area (Å²) in [6.45, 7) is 0. The minimum atomic E-state index is -0.959. The normalized spacial score (nSPS) is 12.8. The second-order valence-corrected chi connectivity index (χ2v) is 4.54. The Hall–Kier alpha value is -2.46. The number of ketones is 1. The molecule has 3 N–H and O–H groups in total. The van der Waals surface area contributed by atoms with Crippen molar-refractivity contribution in [3.05, 3.63) is 71.3 Å². The third-order valence-electron chi connectivity index (χ3n) is 3.00. The van der Waals surface area contributed by atoms with Crippen molar-refractivity contribution in [2.45, 2.75) is 12.5 Å². The number of carbonyl (C=O) groups excluding carboxylic acids is 1. The second-order valence-electron chi connectivity index (χ2n) is 4.54. The molecule has 0 heterocycles. The fourth-order valence-corrected chi connectivity index (χ4v) is 1.85. The van der Waals surface area contributed by atoms with Crippen LogP contribution in [0.25, 0.3) is 0 Å². The predicted molar refractivity (Wildman–Crippen MR) is 75.6 cm³/mol. The molecule has 20 heavy (non-hydrogen) atoms. The lowest BCUT2D eigenvalue weighted by Crippen LogP contribution is -2.32. The number of nitrogens with two attached hydrogens (primary N) is 1. The molecule has 2 aliphatic rings. The fourth-order valence-electron chi connectivity index (χ4n) is 1.85. The lowest BCUT2D eigenvalue weighted by atomic mass is 9.92. The zero-order valence-corrected chi connectivity index (χ0v) is 10.8. The summed E-state index contributed by atoms with van der Waals surface area (Å²) in [7, 11) is 0. The van der Waals surface area contributed by atoms with Gasteiger partial charge in [0.25, 0.3) is 0 Å². The Balaban J connectivity index is 0.000000157. The number of benzene rings is 2. The maximum Gasteiger partial charge on any atom is 0.320 e. The van der Waals surface area contributed by atoms with E-state index in [1.807, 2.05) is 54.6 Å². The van der Waals surface area contributed by atoms with Gasteiger partial charge in [-0.25, -0.2) is 0 Å². The zero-order chi connectivity index (χ0) is 14.5. The molecule has 4 rings (SSSR count). The fraction of sp³-hybridized carbons (Fsp3) is 0.125. The van der Waals surface area contributed by atoms with Gasteiger partial charge in [-0.3, -0.25) is 9.59 Å². The summed E-state index contributed by atoms with van der Waals surface area (Å²) in [6.07, 6.45) is 0.385. The highest BCUT2D eigenvalue weighted by Crippen LogP contribution is 2.19. The topological polar surface area (TPSA) is 80.4 Å². The largest absolute Gasteiger partial charge is 0.480 e. The van der Waals surface area contributed by atoms with Crippen LogP contribution in [0.2, 0.25) is 0 Å². The number of rotatable bonds is 3. The van der Waals surface area contributed by atoms with Gasteiger partial charge in [-0.05, 0) is 18.1 Å². The minimum absolute atomic E-state index is 0.201. The number of carboxylic acid groups (broad SMARTS) is 1.